The fourth-order valence-corrected chi connectivity index (χ4v) is 4.32. The van der Waals surface area contributed by atoms with Crippen molar-refractivity contribution in [3.63, 3.8) is 0 Å². The summed E-state index contributed by atoms with van der Waals surface area (Å²) in [6.07, 6.45) is 23.7. The van der Waals surface area contributed by atoms with Crippen molar-refractivity contribution in [1.82, 2.24) is 0 Å². The van der Waals surface area contributed by atoms with E-state index in [1.165, 1.54) is 96.8 Å². The maximum absolute atomic E-state index is 11.8. The van der Waals surface area contributed by atoms with Crippen molar-refractivity contribution in [2.75, 3.05) is 19.8 Å². The Morgan fingerprint density at radius 2 is 1.15 bits per heavy atom. The van der Waals surface area contributed by atoms with E-state index < -0.39 is 18.4 Å². The Balaban J connectivity index is 0.0000144. The third-order valence-electron chi connectivity index (χ3n) is 6.52. The summed E-state index contributed by atoms with van der Waals surface area (Å²) in [4.78, 5) is 23.1. The second-order valence-corrected chi connectivity index (χ2v) is 10.1. The zero-order valence-electron chi connectivity index (χ0n) is 24.6. The van der Waals surface area contributed by atoms with E-state index >= 15 is 0 Å². The average Bonchev–Trinajstić information content (AvgIpc) is 2.90. The Kier molecular flexibility index (Phi) is 26.7. The number of carbonyl (C=O) groups excluding carboxylic acids is 2. The highest BCUT2D eigenvalue weighted by Crippen LogP contribution is 2.14. The van der Waals surface area contributed by atoms with Crippen LogP contribution in [0.15, 0.2) is 30.6 Å². The Morgan fingerprint density at radius 3 is 1.67 bits per heavy atom. The molecular weight excluding hydrogens is 562 g/mol. The van der Waals surface area contributed by atoms with E-state index in [0.717, 1.165) is 12.8 Å². The Bertz CT molecular complexity index is 691. The molecule has 1 aromatic rings. The third kappa shape index (κ3) is 25.1. The van der Waals surface area contributed by atoms with Crippen molar-refractivity contribution in [1.29, 1.82) is 0 Å². The third-order valence-corrected chi connectivity index (χ3v) is 6.52. The molecule has 1 heterocycles. The molecule has 0 aliphatic rings. The molecule has 0 aliphatic heterocycles. The lowest BCUT2D eigenvalue weighted by Crippen LogP contribution is -3.00. The number of hydrogen-bond donors (Lipinski definition) is 0. The van der Waals surface area contributed by atoms with Gasteiger partial charge in [0.05, 0.1) is 6.61 Å². The van der Waals surface area contributed by atoms with Gasteiger partial charge in [-0.05, 0) is 6.42 Å². The second kappa shape index (κ2) is 27.9. The molecule has 0 saturated heterocycles. The quantitative estimate of drug-likeness (QED) is 0.0687. The van der Waals surface area contributed by atoms with Crippen molar-refractivity contribution in [2.45, 2.75) is 136 Å². The lowest BCUT2D eigenvalue weighted by atomic mass is 10.0. The molecule has 0 saturated carbocycles. The minimum absolute atomic E-state index is 0. The van der Waals surface area contributed by atoms with Crippen LogP contribution >= 0.6 is 0 Å². The topological polar surface area (TPSA) is 74.9 Å². The van der Waals surface area contributed by atoms with E-state index in [2.05, 4.69) is 6.92 Å². The zero-order valence-corrected chi connectivity index (χ0v) is 26.2. The summed E-state index contributed by atoms with van der Waals surface area (Å²) >= 11 is 0. The SMILES string of the molecule is CCCCCCCCCCCCCCCCCCO[C@H](CCOC(=O)OCC[n+]1ccccc1)OC(C)=O.[Br-]. The first kappa shape index (κ1) is 37.3. The van der Waals surface area contributed by atoms with Crippen molar-refractivity contribution in [3.8, 4) is 0 Å². The summed E-state index contributed by atoms with van der Waals surface area (Å²) in [6, 6.07) is 5.74. The number of esters is 1. The Hall–Kier alpha value is -1.67. The first-order valence-electron chi connectivity index (χ1n) is 15.1. The molecule has 0 bridgehead atoms. The Labute approximate surface area is 248 Å². The summed E-state index contributed by atoms with van der Waals surface area (Å²) in [6.45, 7) is 4.98. The van der Waals surface area contributed by atoms with Gasteiger partial charge in [0.1, 0.15) is 6.61 Å². The van der Waals surface area contributed by atoms with Crippen LogP contribution in [0.5, 0.6) is 0 Å². The molecule has 1 aromatic heterocycles. The summed E-state index contributed by atoms with van der Waals surface area (Å²) in [5, 5.41) is 0. The fraction of sp³-hybridized carbons (Fsp3) is 0.774. The predicted octanol–water partition coefficient (Wildman–Crippen LogP) is 4.69. The van der Waals surface area contributed by atoms with Gasteiger partial charge >= 0.3 is 12.1 Å². The number of hydrogen-bond acceptors (Lipinski definition) is 6. The highest BCUT2D eigenvalue weighted by Gasteiger charge is 2.14. The molecule has 39 heavy (non-hydrogen) atoms. The smallest absolute Gasteiger partial charge is 0.508 e. The number of aromatic nitrogens is 1. The van der Waals surface area contributed by atoms with E-state index in [4.69, 9.17) is 18.9 Å². The predicted molar refractivity (Wildman–Crippen MR) is 150 cm³/mol. The van der Waals surface area contributed by atoms with Crippen LogP contribution in [0.2, 0.25) is 0 Å². The summed E-state index contributed by atoms with van der Waals surface area (Å²) < 4.78 is 23.0. The number of halogens is 1. The maximum Gasteiger partial charge on any atom is 0.508 e. The number of rotatable bonds is 25. The molecule has 0 aliphatic carbocycles. The highest BCUT2D eigenvalue weighted by atomic mass is 79.9. The number of nitrogens with zero attached hydrogens (tertiary/aromatic N) is 1. The van der Waals surface area contributed by atoms with Crippen LogP contribution in [0.1, 0.15) is 123 Å². The summed E-state index contributed by atoms with van der Waals surface area (Å²) in [5.41, 5.74) is 0. The highest BCUT2D eigenvalue weighted by molar-refractivity contribution is 5.66. The molecule has 0 N–H and O–H groups in total. The van der Waals surface area contributed by atoms with E-state index in [1.807, 2.05) is 35.2 Å². The van der Waals surface area contributed by atoms with Gasteiger partial charge in [-0.25, -0.2) is 9.36 Å². The van der Waals surface area contributed by atoms with Crippen LogP contribution < -0.4 is 21.5 Å². The summed E-state index contributed by atoms with van der Waals surface area (Å²) in [7, 11) is 0. The molecule has 0 aromatic carbocycles. The van der Waals surface area contributed by atoms with Gasteiger partial charge < -0.3 is 35.9 Å². The Morgan fingerprint density at radius 1 is 0.667 bits per heavy atom. The number of ether oxygens (including phenoxy) is 4. The van der Waals surface area contributed by atoms with Gasteiger partial charge in [0, 0.05) is 25.5 Å². The molecule has 0 radical (unpaired) electrons. The summed E-state index contributed by atoms with van der Waals surface area (Å²) in [5.74, 6) is -0.413. The van der Waals surface area contributed by atoms with Crippen LogP contribution in [0.4, 0.5) is 4.79 Å². The number of pyridine rings is 1. The van der Waals surface area contributed by atoms with Gasteiger partial charge in [0.2, 0.25) is 6.29 Å². The average molecular weight is 617 g/mol. The minimum Gasteiger partial charge on any atom is -1.00 e. The van der Waals surface area contributed by atoms with Crippen LogP contribution in [0.3, 0.4) is 0 Å². The standard InChI is InChI=1S/C31H54NO6.BrH/c1-3-4-5-6-7-8-9-10-11-12-13-14-15-16-17-21-26-35-30(38-29(2)33)22-27-36-31(34)37-28-25-32-23-19-18-20-24-32;/h18-20,23-24,30H,3-17,21-22,25-28H2,1-2H3;1H/q+1;/p-1/t30-;/m0./s1. The molecule has 0 fully saturated rings. The molecule has 226 valence electrons. The second-order valence-electron chi connectivity index (χ2n) is 10.1. The molecule has 1 atom stereocenters. The molecule has 1 rings (SSSR count). The fourth-order valence-electron chi connectivity index (χ4n) is 4.32. The van der Waals surface area contributed by atoms with Gasteiger partial charge in [0.15, 0.2) is 25.5 Å². The van der Waals surface area contributed by atoms with Gasteiger partial charge in [-0.15, -0.1) is 0 Å². The number of unbranched alkanes of at least 4 members (excludes halogenated alkanes) is 15. The molecule has 0 spiro atoms. The molecular formula is C31H54BrNO6. The van der Waals surface area contributed by atoms with E-state index in [9.17, 15) is 9.59 Å². The lowest BCUT2D eigenvalue weighted by Gasteiger charge is -2.17. The zero-order chi connectivity index (χ0) is 27.5. The normalized spacial score (nSPS) is 11.4. The van der Waals surface area contributed by atoms with Crippen molar-refractivity contribution < 1.29 is 50.1 Å². The molecule has 0 amide bonds. The van der Waals surface area contributed by atoms with E-state index in [-0.39, 0.29) is 36.6 Å². The van der Waals surface area contributed by atoms with Gasteiger partial charge in [-0.3, -0.25) is 4.79 Å². The van der Waals surface area contributed by atoms with Crippen LogP contribution in [0.25, 0.3) is 0 Å². The van der Waals surface area contributed by atoms with Crippen molar-refractivity contribution in [2.24, 2.45) is 0 Å². The maximum atomic E-state index is 11.8. The van der Waals surface area contributed by atoms with Gasteiger partial charge in [-0.2, -0.15) is 0 Å². The first-order valence-corrected chi connectivity index (χ1v) is 15.1. The van der Waals surface area contributed by atoms with Gasteiger partial charge in [-0.1, -0.05) is 109 Å². The van der Waals surface area contributed by atoms with Crippen LogP contribution in [-0.4, -0.2) is 38.2 Å². The molecule has 7 nitrogen and oxygen atoms in total. The monoisotopic (exact) mass is 615 g/mol. The largest absolute Gasteiger partial charge is 1.00 e. The minimum atomic E-state index is -0.735. The lowest BCUT2D eigenvalue weighted by molar-refractivity contribution is -0.698. The van der Waals surface area contributed by atoms with E-state index in [0.29, 0.717) is 13.2 Å². The molecule has 8 heteroatoms. The van der Waals surface area contributed by atoms with Crippen LogP contribution in [-0.2, 0) is 30.3 Å². The van der Waals surface area contributed by atoms with Crippen molar-refractivity contribution >= 4 is 12.1 Å². The van der Waals surface area contributed by atoms with Crippen molar-refractivity contribution in [3.05, 3.63) is 30.6 Å². The first-order chi connectivity index (χ1) is 18.6. The number of carbonyl (C=O) groups is 2. The molecule has 0 unspecified atom stereocenters. The van der Waals surface area contributed by atoms with Crippen LogP contribution in [0, 0.1) is 0 Å². The van der Waals surface area contributed by atoms with Gasteiger partial charge in [0.25, 0.3) is 0 Å². The van der Waals surface area contributed by atoms with E-state index in [1.54, 1.807) is 0 Å².